The number of rotatable bonds is 6. The van der Waals surface area contributed by atoms with Crippen LogP contribution in [0.1, 0.15) is 30.9 Å². The minimum atomic E-state index is -0.117. The van der Waals surface area contributed by atoms with Crippen molar-refractivity contribution in [3.05, 3.63) is 57.9 Å². The molecule has 0 spiro atoms. The van der Waals surface area contributed by atoms with Gasteiger partial charge in [-0.1, -0.05) is 44.2 Å². The molecule has 0 aliphatic heterocycles. The molecule has 23 heavy (non-hydrogen) atoms. The fourth-order valence-electron chi connectivity index (χ4n) is 2.54. The Morgan fingerprint density at radius 3 is 2.43 bits per heavy atom. The molecule has 0 saturated carbocycles. The maximum atomic E-state index is 12.6. The largest absolute Gasteiger partial charge is 0.383 e. The summed E-state index contributed by atoms with van der Waals surface area (Å²) >= 11 is 0. The molecule has 1 aromatic carbocycles. The standard InChI is InChI=1S/C19H22N2O2/c1-14(2)15-4-6-16(7-5-15)18-9-8-17(10-11-20)19(22)21(18)12-13-23-3/h4-9,14H,10,12-13H2,1-3H3. The summed E-state index contributed by atoms with van der Waals surface area (Å²) in [5.74, 6) is 0.470. The lowest BCUT2D eigenvalue weighted by Crippen LogP contribution is -2.26. The van der Waals surface area contributed by atoms with Crippen LogP contribution in [0.2, 0.25) is 0 Å². The second-order valence-corrected chi connectivity index (χ2v) is 5.81. The average Bonchev–Trinajstić information content (AvgIpc) is 2.55. The summed E-state index contributed by atoms with van der Waals surface area (Å²) in [6.45, 7) is 5.23. The predicted octanol–water partition coefficient (Wildman–Crippen LogP) is 3.35. The van der Waals surface area contributed by atoms with E-state index in [1.54, 1.807) is 17.7 Å². The van der Waals surface area contributed by atoms with Crippen LogP contribution >= 0.6 is 0 Å². The summed E-state index contributed by atoms with van der Waals surface area (Å²) in [6.07, 6.45) is 0.123. The monoisotopic (exact) mass is 310 g/mol. The summed E-state index contributed by atoms with van der Waals surface area (Å²) < 4.78 is 6.81. The van der Waals surface area contributed by atoms with Crippen LogP contribution < -0.4 is 5.56 Å². The van der Waals surface area contributed by atoms with Crippen LogP contribution in [-0.4, -0.2) is 18.3 Å². The van der Waals surface area contributed by atoms with Crippen molar-refractivity contribution in [3.63, 3.8) is 0 Å². The predicted molar refractivity (Wildman–Crippen MR) is 91.4 cm³/mol. The molecule has 0 radical (unpaired) electrons. The zero-order chi connectivity index (χ0) is 16.8. The number of ether oxygens (including phenoxy) is 1. The van der Waals surface area contributed by atoms with Crippen molar-refractivity contribution in [3.8, 4) is 17.3 Å². The first kappa shape index (κ1) is 17.0. The van der Waals surface area contributed by atoms with E-state index in [4.69, 9.17) is 10.00 Å². The van der Waals surface area contributed by atoms with Gasteiger partial charge < -0.3 is 9.30 Å². The number of hydrogen-bond acceptors (Lipinski definition) is 3. The lowest BCUT2D eigenvalue weighted by molar-refractivity contribution is 0.186. The van der Waals surface area contributed by atoms with Crippen LogP contribution in [0, 0.1) is 11.3 Å². The summed E-state index contributed by atoms with van der Waals surface area (Å²) in [5.41, 5.74) is 3.51. The van der Waals surface area contributed by atoms with Gasteiger partial charge in [-0.3, -0.25) is 4.79 Å². The molecule has 0 bridgehead atoms. The molecule has 0 saturated heterocycles. The Labute approximate surface area is 137 Å². The maximum Gasteiger partial charge on any atom is 0.255 e. The average molecular weight is 310 g/mol. The van der Waals surface area contributed by atoms with Crippen LogP contribution in [0.25, 0.3) is 11.3 Å². The molecular formula is C19H22N2O2. The SMILES string of the molecule is COCCn1c(-c2ccc(C(C)C)cc2)ccc(CC#N)c1=O. The van der Waals surface area contributed by atoms with Crippen LogP contribution in [0.3, 0.4) is 0 Å². The van der Waals surface area contributed by atoms with Crippen LogP contribution in [-0.2, 0) is 17.7 Å². The first-order valence-electron chi connectivity index (χ1n) is 7.77. The van der Waals surface area contributed by atoms with Crippen LogP contribution in [0.15, 0.2) is 41.2 Å². The molecule has 4 nitrogen and oxygen atoms in total. The summed E-state index contributed by atoms with van der Waals surface area (Å²) in [5, 5.41) is 8.86. The van der Waals surface area contributed by atoms with E-state index in [1.807, 2.05) is 24.3 Å². The molecule has 0 aliphatic rings. The molecule has 2 aromatic rings. The van der Waals surface area contributed by atoms with E-state index < -0.39 is 0 Å². The normalized spacial score (nSPS) is 10.7. The third-order valence-corrected chi connectivity index (χ3v) is 3.91. The molecule has 120 valence electrons. The first-order valence-corrected chi connectivity index (χ1v) is 7.77. The van der Waals surface area contributed by atoms with E-state index in [0.29, 0.717) is 24.6 Å². The number of pyridine rings is 1. The third-order valence-electron chi connectivity index (χ3n) is 3.91. The number of methoxy groups -OCH3 is 1. The van der Waals surface area contributed by atoms with Gasteiger partial charge in [0, 0.05) is 19.2 Å². The Balaban J connectivity index is 2.50. The van der Waals surface area contributed by atoms with Crippen molar-refractivity contribution < 1.29 is 4.74 Å². The highest BCUT2D eigenvalue weighted by Crippen LogP contribution is 2.22. The number of hydrogen-bond donors (Lipinski definition) is 0. The second-order valence-electron chi connectivity index (χ2n) is 5.81. The fourth-order valence-corrected chi connectivity index (χ4v) is 2.54. The highest BCUT2D eigenvalue weighted by molar-refractivity contribution is 5.60. The van der Waals surface area contributed by atoms with E-state index in [9.17, 15) is 4.79 Å². The molecular weight excluding hydrogens is 288 g/mol. The van der Waals surface area contributed by atoms with Gasteiger partial charge in [-0.05, 0) is 23.1 Å². The van der Waals surface area contributed by atoms with Crippen molar-refractivity contribution in [1.82, 2.24) is 4.57 Å². The molecule has 0 fully saturated rings. The molecule has 0 amide bonds. The van der Waals surface area contributed by atoms with E-state index in [2.05, 4.69) is 26.0 Å². The number of nitriles is 1. The number of nitrogens with zero attached hydrogens (tertiary/aromatic N) is 2. The summed E-state index contributed by atoms with van der Waals surface area (Å²) in [4.78, 5) is 12.6. The Kier molecular flexibility index (Phi) is 5.72. The van der Waals surface area contributed by atoms with E-state index in [1.165, 1.54) is 5.56 Å². The minimum Gasteiger partial charge on any atom is -0.383 e. The second kappa shape index (κ2) is 7.75. The highest BCUT2D eigenvalue weighted by Gasteiger charge is 2.11. The number of benzene rings is 1. The van der Waals surface area contributed by atoms with Crippen molar-refractivity contribution in [1.29, 1.82) is 5.26 Å². The zero-order valence-corrected chi connectivity index (χ0v) is 13.9. The Bertz CT molecular complexity index is 752. The van der Waals surface area contributed by atoms with Crippen LogP contribution in [0.4, 0.5) is 0 Å². The fraction of sp³-hybridized carbons (Fsp3) is 0.368. The Morgan fingerprint density at radius 2 is 1.87 bits per heavy atom. The minimum absolute atomic E-state index is 0.117. The van der Waals surface area contributed by atoms with Gasteiger partial charge in [0.25, 0.3) is 5.56 Å². The lowest BCUT2D eigenvalue weighted by atomic mass is 10.00. The van der Waals surface area contributed by atoms with Gasteiger partial charge in [0.1, 0.15) is 0 Å². The molecule has 2 rings (SSSR count). The van der Waals surface area contributed by atoms with E-state index in [-0.39, 0.29) is 12.0 Å². The summed E-state index contributed by atoms with van der Waals surface area (Å²) in [6, 6.07) is 14.0. The topological polar surface area (TPSA) is 55.0 Å². The molecule has 0 N–H and O–H groups in total. The third kappa shape index (κ3) is 3.88. The van der Waals surface area contributed by atoms with Gasteiger partial charge in [-0.25, -0.2) is 0 Å². The molecule has 4 heteroatoms. The van der Waals surface area contributed by atoms with Gasteiger partial charge >= 0.3 is 0 Å². The molecule has 1 aromatic heterocycles. The van der Waals surface area contributed by atoms with Gasteiger partial charge in [0.15, 0.2) is 0 Å². The lowest BCUT2D eigenvalue weighted by Gasteiger charge is -2.15. The highest BCUT2D eigenvalue weighted by atomic mass is 16.5. The number of aromatic nitrogens is 1. The quantitative estimate of drug-likeness (QED) is 0.822. The zero-order valence-electron chi connectivity index (χ0n) is 13.9. The molecule has 0 aliphatic carbocycles. The van der Waals surface area contributed by atoms with Gasteiger partial charge in [0.05, 0.1) is 24.8 Å². The molecule has 1 heterocycles. The van der Waals surface area contributed by atoms with Gasteiger partial charge in [-0.15, -0.1) is 0 Å². The smallest absolute Gasteiger partial charge is 0.255 e. The summed E-state index contributed by atoms with van der Waals surface area (Å²) in [7, 11) is 1.61. The van der Waals surface area contributed by atoms with E-state index >= 15 is 0 Å². The molecule has 0 atom stereocenters. The van der Waals surface area contributed by atoms with Gasteiger partial charge in [0.2, 0.25) is 0 Å². The van der Waals surface area contributed by atoms with Crippen molar-refractivity contribution >= 4 is 0 Å². The van der Waals surface area contributed by atoms with Crippen molar-refractivity contribution in [2.24, 2.45) is 0 Å². The van der Waals surface area contributed by atoms with E-state index in [0.717, 1.165) is 11.3 Å². The van der Waals surface area contributed by atoms with Gasteiger partial charge in [-0.2, -0.15) is 5.26 Å². The maximum absolute atomic E-state index is 12.6. The Hall–Kier alpha value is -2.38. The van der Waals surface area contributed by atoms with Crippen molar-refractivity contribution in [2.45, 2.75) is 32.7 Å². The van der Waals surface area contributed by atoms with Crippen molar-refractivity contribution in [2.75, 3.05) is 13.7 Å². The Morgan fingerprint density at radius 1 is 1.17 bits per heavy atom. The molecule has 0 unspecified atom stereocenters. The van der Waals surface area contributed by atoms with Crippen LogP contribution in [0.5, 0.6) is 0 Å². The first-order chi connectivity index (χ1) is 11.1.